The average molecular weight is 194 g/mol. The van der Waals surface area contributed by atoms with Crippen molar-refractivity contribution in [2.45, 2.75) is 32.4 Å². The number of ketones is 1. The SMILES string of the molecule is CC(=O)CC(F)CCc1ccccc1. The zero-order valence-corrected chi connectivity index (χ0v) is 8.37. The van der Waals surface area contributed by atoms with Crippen LogP contribution in [0.15, 0.2) is 30.3 Å². The lowest BCUT2D eigenvalue weighted by Crippen LogP contribution is -2.07. The number of carbonyl (C=O) groups is 1. The molecule has 0 heterocycles. The first kappa shape index (κ1) is 10.9. The van der Waals surface area contributed by atoms with Gasteiger partial charge < -0.3 is 0 Å². The summed E-state index contributed by atoms with van der Waals surface area (Å²) in [4.78, 5) is 10.6. The Morgan fingerprint density at radius 1 is 1.36 bits per heavy atom. The van der Waals surface area contributed by atoms with Crippen LogP contribution in [-0.2, 0) is 11.2 Å². The number of hydrogen-bond acceptors (Lipinski definition) is 1. The van der Waals surface area contributed by atoms with Crippen LogP contribution in [0.5, 0.6) is 0 Å². The topological polar surface area (TPSA) is 17.1 Å². The maximum Gasteiger partial charge on any atom is 0.132 e. The van der Waals surface area contributed by atoms with Gasteiger partial charge in [0.15, 0.2) is 0 Å². The monoisotopic (exact) mass is 194 g/mol. The molecule has 0 fully saturated rings. The minimum absolute atomic E-state index is 0.0484. The molecule has 1 unspecified atom stereocenters. The number of carbonyl (C=O) groups excluding carboxylic acids is 1. The van der Waals surface area contributed by atoms with E-state index in [-0.39, 0.29) is 12.2 Å². The van der Waals surface area contributed by atoms with Crippen LogP contribution in [0.2, 0.25) is 0 Å². The molecule has 0 radical (unpaired) electrons. The highest BCUT2D eigenvalue weighted by atomic mass is 19.1. The predicted octanol–water partition coefficient (Wildman–Crippen LogP) is 2.94. The molecule has 1 rings (SSSR count). The Kier molecular flexibility index (Phi) is 4.30. The molecule has 14 heavy (non-hydrogen) atoms. The van der Waals surface area contributed by atoms with E-state index in [1.807, 2.05) is 30.3 Å². The van der Waals surface area contributed by atoms with Crippen molar-refractivity contribution in [3.63, 3.8) is 0 Å². The van der Waals surface area contributed by atoms with Crippen LogP contribution >= 0.6 is 0 Å². The summed E-state index contributed by atoms with van der Waals surface area (Å²) in [6.45, 7) is 1.43. The van der Waals surface area contributed by atoms with Gasteiger partial charge in [-0.25, -0.2) is 4.39 Å². The normalized spacial score (nSPS) is 12.4. The van der Waals surface area contributed by atoms with Crippen molar-refractivity contribution in [2.75, 3.05) is 0 Å². The van der Waals surface area contributed by atoms with E-state index in [2.05, 4.69) is 0 Å². The van der Waals surface area contributed by atoms with Crippen LogP contribution in [0, 0.1) is 0 Å². The predicted molar refractivity (Wildman–Crippen MR) is 55.0 cm³/mol. The molecule has 2 heteroatoms. The number of aryl methyl sites for hydroxylation is 1. The van der Waals surface area contributed by atoms with Gasteiger partial charge in [0.25, 0.3) is 0 Å². The fourth-order valence-corrected chi connectivity index (χ4v) is 1.38. The highest BCUT2D eigenvalue weighted by molar-refractivity contribution is 5.75. The maximum atomic E-state index is 13.1. The Bertz CT molecular complexity index is 282. The molecule has 0 N–H and O–H groups in total. The van der Waals surface area contributed by atoms with Gasteiger partial charge in [0.2, 0.25) is 0 Å². The Labute approximate surface area is 83.9 Å². The summed E-state index contributed by atoms with van der Waals surface area (Å²) in [5.41, 5.74) is 1.12. The molecule has 1 atom stereocenters. The van der Waals surface area contributed by atoms with E-state index in [0.717, 1.165) is 5.56 Å². The fourth-order valence-electron chi connectivity index (χ4n) is 1.38. The van der Waals surface area contributed by atoms with E-state index in [0.29, 0.717) is 12.8 Å². The standard InChI is InChI=1S/C12H15FO/c1-10(14)9-12(13)8-7-11-5-3-2-4-6-11/h2-6,12H,7-9H2,1H3. The van der Waals surface area contributed by atoms with Gasteiger partial charge in [-0.2, -0.15) is 0 Å². The minimum Gasteiger partial charge on any atom is -0.300 e. The van der Waals surface area contributed by atoms with Gasteiger partial charge in [0, 0.05) is 6.42 Å². The first-order valence-electron chi connectivity index (χ1n) is 4.86. The van der Waals surface area contributed by atoms with Crippen LogP contribution in [-0.4, -0.2) is 12.0 Å². The number of halogens is 1. The molecule has 76 valence electrons. The number of alkyl halides is 1. The third-order valence-corrected chi connectivity index (χ3v) is 2.10. The Balaban J connectivity index is 2.30. The summed E-state index contributed by atoms with van der Waals surface area (Å²) in [5, 5.41) is 0. The molecule has 1 aromatic carbocycles. The first-order valence-corrected chi connectivity index (χ1v) is 4.86. The molecule has 1 aromatic rings. The minimum atomic E-state index is -0.993. The zero-order chi connectivity index (χ0) is 10.4. The zero-order valence-electron chi connectivity index (χ0n) is 8.37. The molecule has 0 saturated heterocycles. The maximum absolute atomic E-state index is 13.1. The van der Waals surface area contributed by atoms with Crippen LogP contribution < -0.4 is 0 Å². The Morgan fingerprint density at radius 3 is 2.57 bits per heavy atom. The number of benzene rings is 1. The molecular weight excluding hydrogens is 179 g/mol. The van der Waals surface area contributed by atoms with Gasteiger partial charge >= 0.3 is 0 Å². The van der Waals surface area contributed by atoms with E-state index < -0.39 is 6.17 Å². The molecule has 0 spiro atoms. The first-order chi connectivity index (χ1) is 6.68. The molecule has 0 saturated carbocycles. The van der Waals surface area contributed by atoms with Crippen LogP contribution in [0.25, 0.3) is 0 Å². The molecular formula is C12H15FO. The number of rotatable bonds is 5. The molecule has 0 aliphatic heterocycles. The van der Waals surface area contributed by atoms with E-state index in [4.69, 9.17) is 0 Å². The van der Waals surface area contributed by atoms with Crippen molar-refractivity contribution in [3.8, 4) is 0 Å². The second-order valence-electron chi connectivity index (χ2n) is 3.53. The molecule has 0 bridgehead atoms. The average Bonchev–Trinajstić information content (AvgIpc) is 2.15. The van der Waals surface area contributed by atoms with Crippen LogP contribution in [0.3, 0.4) is 0 Å². The van der Waals surface area contributed by atoms with Crippen molar-refractivity contribution in [2.24, 2.45) is 0 Å². The summed E-state index contributed by atoms with van der Waals surface area (Å²) in [6, 6.07) is 9.76. The van der Waals surface area contributed by atoms with Crippen LogP contribution in [0.1, 0.15) is 25.3 Å². The quantitative estimate of drug-likeness (QED) is 0.704. The Hall–Kier alpha value is -1.18. The summed E-state index contributed by atoms with van der Waals surface area (Å²) >= 11 is 0. The third kappa shape index (κ3) is 4.17. The van der Waals surface area contributed by atoms with E-state index >= 15 is 0 Å². The third-order valence-electron chi connectivity index (χ3n) is 2.10. The van der Waals surface area contributed by atoms with Crippen molar-refractivity contribution < 1.29 is 9.18 Å². The highest BCUT2D eigenvalue weighted by Crippen LogP contribution is 2.10. The van der Waals surface area contributed by atoms with Crippen molar-refractivity contribution in [3.05, 3.63) is 35.9 Å². The van der Waals surface area contributed by atoms with Gasteiger partial charge in [0.05, 0.1) is 0 Å². The highest BCUT2D eigenvalue weighted by Gasteiger charge is 2.08. The number of hydrogen-bond donors (Lipinski definition) is 0. The largest absolute Gasteiger partial charge is 0.300 e. The molecule has 0 amide bonds. The van der Waals surface area contributed by atoms with Gasteiger partial charge in [-0.1, -0.05) is 30.3 Å². The number of Topliss-reactive ketones (excluding diaryl/α,β-unsaturated/α-hetero) is 1. The van der Waals surface area contributed by atoms with E-state index in [1.165, 1.54) is 6.92 Å². The lowest BCUT2D eigenvalue weighted by molar-refractivity contribution is -0.118. The summed E-state index contributed by atoms with van der Waals surface area (Å²) in [5.74, 6) is -0.0782. The van der Waals surface area contributed by atoms with E-state index in [9.17, 15) is 9.18 Å². The van der Waals surface area contributed by atoms with E-state index in [1.54, 1.807) is 0 Å². The lowest BCUT2D eigenvalue weighted by Gasteiger charge is -2.05. The molecule has 0 aliphatic carbocycles. The van der Waals surface area contributed by atoms with Gasteiger partial charge in [-0.15, -0.1) is 0 Å². The smallest absolute Gasteiger partial charge is 0.132 e. The summed E-state index contributed by atoms with van der Waals surface area (Å²) in [7, 11) is 0. The summed E-state index contributed by atoms with van der Waals surface area (Å²) in [6.07, 6.45) is 0.193. The lowest BCUT2D eigenvalue weighted by atomic mass is 10.0. The second kappa shape index (κ2) is 5.53. The van der Waals surface area contributed by atoms with Crippen LogP contribution in [0.4, 0.5) is 4.39 Å². The second-order valence-corrected chi connectivity index (χ2v) is 3.53. The van der Waals surface area contributed by atoms with Gasteiger partial charge in [-0.3, -0.25) is 4.79 Å². The van der Waals surface area contributed by atoms with Crippen molar-refractivity contribution in [1.82, 2.24) is 0 Å². The van der Waals surface area contributed by atoms with Gasteiger partial charge in [-0.05, 0) is 25.3 Å². The fraction of sp³-hybridized carbons (Fsp3) is 0.417. The van der Waals surface area contributed by atoms with Gasteiger partial charge in [0.1, 0.15) is 12.0 Å². The molecule has 0 aliphatic rings. The Morgan fingerprint density at radius 2 is 2.00 bits per heavy atom. The summed E-state index contributed by atoms with van der Waals surface area (Å²) < 4.78 is 13.1. The molecule has 1 nitrogen and oxygen atoms in total. The van der Waals surface area contributed by atoms with Crippen molar-refractivity contribution in [1.29, 1.82) is 0 Å². The molecule has 0 aromatic heterocycles. The van der Waals surface area contributed by atoms with Crippen molar-refractivity contribution >= 4 is 5.78 Å².